The van der Waals surface area contributed by atoms with E-state index in [4.69, 9.17) is 4.98 Å². The number of rotatable bonds is 6. The number of hydrogen-bond donors (Lipinski definition) is 1. The van der Waals surface area contributed by atoms with E-state index in [0.717, 1.165) is 25.3 Å². The first-order valence-corrected chi connectivity index (χ1v) is 8.73. The van der Waals surface area contributed by atoms with E-state index in [0.29, 0.717) is 0 Å². The van der Waals surface area contributed by atoms with Gasteiger partial charge in [-0.3, -0.25) is 0 Å². The maximum Gasteiger partial charge on any atom is 0.107 e. The average molecular weight is 301 g/mol. The summed E-state index contributed by atoms with van der Waals surface area (Å²) in [5, 5.41) is 6.84. The summed E-state index contributed by atoms with van der Waals surface area (Å²) in [5.74, 6) is 0. The SMILES string of the molecule is c1ccc(-c2csc(CNCCN3CCCCC3)n2)cc1. The average Bonchev–Trinajstić information content (AvgIpc) is 3.02. The molecule has 0 amide bonds. The third-order valence-electron chi connectivity index (χ3n) is 3.95. The third kappa shape index (κ3) is 4.37. The first kappa shape index (κ1) is 14.7. The second-order valence-corrected chi connectivity index (χ2v) is 6.51. The monoisotopic (exact) mass is 301 g/mol. The predicted octanol–water partition coefficient (Wildman–Crippen LogP) is 3.39. The van der Waals surface area contributed by atoms with Crippen LogP contribution in [0, 0.1) is 0 Å². The van der Waals surface area contributed by atoms with Crippen molar-refractivity contribution in [1.29, 1.82) is 0 Å². The molecule has 1 aliphatic rings. The van der Waals surface area contributed by atoms with Crippen molar-refractivity contribution in [3.8, 4) is 11.3 Å². The summed E-state index contributed by atoms with van der Waals surface area (Å²) in [6.07, 6.45) is 4.14. The molecule has 4 heteroatoms. The fourth-order valence-corrected chi connectivity index (χ4v) is 3.52. The number of hydrogen-bond acceptors (Lipinski definition) is 4. The van der Waals surface area contributed by atoms with E-state index in [1.165, 1.54) is 42.9 Å². The van der Waals surface area contributed by atoms with Gasteiger partial charge in [0.15, 0.2) is 0 Å². The Morgan fingerprint density at radius 2 is 1.90 bits per heavy atom. The van der Waals surface area contributed by atoms with Crippen LogP contribution in [-0.4, -0.2) is 36.1 Å². The highest BCUT2D eigenvalue weighted by Crippen LogP contribution is 2.21. The Kier molecular flexibility index (Phi) is 5.38. The zero-order valence-corrected chi connectivity index (χ0v) is 13.2. The summed E-state index contributed by atoms with van der Waals surface area (Å²) in [4.78, 5) is 7.27. The van der Waals surface area contributed by atoms with Gasteiger partial charge < -0.3 is 10.2 Å². The molecule has 0 spiro atoms. The van der Waals surface area contributed by atoms with Crippen molar-refractivity contribution in [2.75, 3.05) is 26.2 Å². The molecule has 3 nitrogen and oxygen atoms in total. The quantitative estimate of drug-likeness (QED) is 0.829. The van der Waals surface area contributed by atoms with Gasteiger partial charge in [-0.2, -0.15) is 0 Å². The van der Waals surface area contributed by atoms with Gasteiger partial charge in [0.1, 0.15) is 5.01 Å². The number of benzene rings is 1. The van der Waals surface area contributed by atoms with Crippen molar-refractivity contribution in [1.82, 2.24) is 15.2 Å². The molecular weight excluding hydrogens is 278 g/mol. The van der Waals surface area contributed by atoms with Gasteiger partial charge in [0.05, 0.1) is 5.69 Å². The van der Waals surface area contributed by atoms with E-state index < -0.39 is 0 Å². The lowest BCUT2D eigenvalue weighted by atomic mass is 10.1. The highest BCUT2D eigenvalue weighted by atomic mass is 32.1. The van der Waals surface area contributed by atoms with Crippen molar-refractivity contribution in [2.45, 2.75) is 25.8 Å². The molecule has 2 heterocycles. The Hall–Kier alpha value is -1.23. The number of thiazole rings is 1. The van der Waals surface area contributed by atoms with Crippen LogP contribution >= 0.6 is 11.3 Å². The van der Waals surface area contributed by atoms with E-state index >= 15 is 0 Å². The number of nitrogens with one attached hydrogen (secondary N) is 1. The lowest BCUT2D eigenvalue weighted by Crippen LogP contribution is -2.35. The lowest BCUT2D eigenvalue weighted by molar-refractivity contribution is 0.229. The number of nitrogens with zero attached hydrogens (tertiary/aromatic N) is 2. The Morgan fingerprint density at radius 3 is 2.71 bits per heavy atom. The van der Waals surface area contributed by atoms with Crippen molar-refractivity contribution >= 4 is 11.3 Å². The van der Waals surface area contributed by atoms with Gasteiger partial charge in [-0.25, -0.2) is 4.98 Å². The van der Waals surface area contributed by atoms with Gasteiger partial charge >= 0.3 is 0 Å². The standard InChI is InChI=1S/C17H23N3S/c1-3-7-15(8-4-1)16-14-21-17(19-16)13-18-9-12-20-10-5-2-6-11-20/h1,3-4,7-8,14,18H,2,5-6,9-13H2. The Balaban J connectivity index is 1.42. The Bertz CT molecular complexity index is 532. The fourth-order valence-electron chi connectivity index (χ4n) is 2.75. The molecule has 1 saturated heterocycles. The van der Waals surface area contributed by atoms with Gasteiger partial charge in [-0.05, 0) is 25.9 Å². The molecule has 1 aromatic heterocycles. The van der Waals surface area contributed by atoms with Crippen LogP contribution < -0.4 is 5.32 Å². The first-order valence-electron chi connectivity index (χ1n) is 7.85. The van der Waals surface area contributed by atoms with Crippen molar-refractivity contribution in [3.05, 3.63) is 40.7 Å². The molecule has 2 aromatic rings. The van der Waals surface area contributed by atoms with Crippen LogP contribution in [0.3, 0.4) is 0 Å². The minimum Gasteiger partial charge on any atom is -0.309 e. The molecule has 0 aliphatic carbocycles. The molecule has 1 fully saturated rings. The van der Waals surface area contributed by atoms with E-state index in [-0.39, 0.29) is 0 Å². The van der Waals surface area contributed by atoms with Crippen molar-refractivity contribution < 1.29 is 0 Å². The van der Waals surface area contributed by atoms with Gasteiger partial charge in [0.25, 0.3) is 0 Å². The van der Waals surface area contributed by atoms with Crippen LogP contribution in [0.4, 0.5) is 0 Å². The molecule has 0 radical (unpaired) electrons. The molecule has 1 aromatic carbocycles. The number of aromatic nitrogens is 1. The molecule has 0 saturated carbocycles. The second-order valence-electron chi connectivity index (χ2n) is 5.57. The van der Waals surface area contributed by atoms with Crippen molar-refractivity contribution in [2.24, 2.45) is 0 Å². The minimum absolute atomic E-state index is 0.880. The summed E-state index contributed by atoms with van der Waals surface area (Å²) in [6.45, 7) is 5.65. The van der Waals surface area contributed by atoms with Crippen LogP contribution in [0.25, 0.3) is 11.3 Å². The second kappa shape index (κ2) is 7.69. The molecule has 112 valence electrons. The van der Waals surface area contributed by atoms with Gasteiger partial charge in [-0.1, -0.05) is 36.8 Å². The fraction of sp³-hybridized carbons (Fsp3) is 0.471. The smallest absolute Gasteiger partial charge is 0.107 e. The molecule has 0 atom stereocenters. The maximum atomic E-state index is 4.71. The lowest BCUT2D eigenvalue weighted by Gasteiger charge is -2.26. The third-order valence-corrected chi connectivity index (χ3v) is 4.80. The molecular formula is C17H23N3S. The Morgan fingerprint density at radius 1 is 1.10 bits per heavy atom. The molecule has 3 rings (SSSR count). The Labute approximate surface area is 131 Å². The maximum absolute atomic E-state index is 4.71. The summed E-state index contributed by atoms with van der Waals surface area (Å²) in [5.41, 5.74) is 2.29. The van der Waals surface area contributed by atoms with E-state index in [1.807, 2.05) is 6.07 Å². The van der Waals surface area contributed by atoms with E-state index in [1.54, 1.807) is 11.3 Å². The normalized spacial score (nSPS) is 16.2. The zero-order chi connectivity index (χ0) is 14.3. The van der Waals surface area contributed by atoms with Crippen LogP contribution in [0.2, 0.25) is 0 Å². The highest BCUT2D eigenvalue weighted by molar-refractivity contribution is 7.09. The van der Waals surface area contributed by atoms with Crippen LogP contribution in [-0.2, 0) is 6.54 Å². The van der Waals surface area contributed by atoms with E-state index in [2.05, 4.69) is 39.9 Å². The highest BCUT2D eigenvalue weighted by Gasteiger charge is 2.09. The summed E-state index contributed by atoms with van der Waals surface area (Å²) in [7, 11) is 0. The number of likely N-dealkylation sites (tertiary alicyclic amines) is 1. The van der Waals surface area contributed by atoms with Gasteiger partial charge in [0.2, 0.25) is 0 Å². The largest absolute Gasteiger partial charge is 0.309 e. The zero-order valence-electron chi connectivity index (χ0n) is 12.4. The minimum atomic E-state index is 0.880. The van der Waals surface area contributed by atoms with Crippen molar-refractivity contribution in [3.63, 3.8) is 0 Å². The van der Waals surface area contributed by atoms with Crippen LogP contribution in [0.15, 0.2) is 35.7 Å². The molecule has 0 unspecified atom stereocenters. The summed E-state index contributed by atoms with van der Waals surface area (Å²) >= 11 is 1.74. The van der Waals surface area contributed by atoms with Crippen LogP contribution in [0.5, 0.6) is 0 Å². The molecule has 21 heavy (non-hydrogen) atoms. The molecule has 1 N–H and O–H groups in total. The predicted molar refractivity (Wildman–Crippen MR) is 89.5 cm³/mol. The first-order chi connectivity index (χ1) is 10.4. The van der Waals surface area contributed by atoms with Crippen LogP contribution in [0.1, 0.15) is 24.3 Å². The van der Waals surface area contributed by atoms with E-state index in [9.17, 15) is 0 Å². The molecule has 1 aliphatic heterocycles. The van der Waals surface area contributed by atoms with Gasteiger partial charge in [0, 0.05) is 30.6 Å². The topological polar surface area (TPSA) is 28.2 Å². The summed E-state index contributed by atoms with van der Waals surface area (Å²) in [6, 6.07) is 10.4. The summed E-state index contributed by atoms with van der Waals surface area (Å²) < 4.78 is 0. The van der Waals surface area contributed by atoms with Gasteiger partial charge in [-0.15, -0.1) is 11.3 Å². The molecule has 0 bridgehead atoms. The number of piperidine rings is 1.